The molecule has 0 spiro atoms. The fraction of sp³-hybridized carbons (Fsp3) is 0.533. The van der Waals surface area contributed by atoms with Crippen molar-refractivity contribution in [3.05, 3.63) is 29.8 Å². The smallest absolute Gasteiger partial charge is 0.310 e. The summed E-state index contributed by atoms with van der Waals surface area (Å²) < 4.78 is 0. The van der Waals surface area contributed by atoms with Gasteiger partial charge in [-0.05, 0) is 43.4 Å². The summed E-state index contributed by atoms with van der Waals surface area (Å²) in [5.74, 6) is 0.778. The average molecular weight is 277 g/mol. The Morgan fingerprint density at radius 3 is 3.05 bits per heavy atom. The molecule has 2 aliphatic heterocycles. The number of benzene rings is 1. The molecule has 3 nitrogen and oxygen atoms in total. The molecular formula is C15H19NO2S. The van der Waals surface area contributed by atoms with E-state index < -0.39 is 11.4 Å². The van der Waals surface area contributed by atoms with E-state index in [0.717, 1.165) is 31.6 Å². The van der Waals surface area contributed by atoms with Crippen LogP contribution >= 0.6 is 11.8 Å². The highest BCUT2D eigenvalue weighted by molar-refractivity contribution is 7.99. The van der Waals surface area contributed by atoms with Crippen LogP contribution < -0.4 is 5.32 Å². The highest BCUT2D eigenvalue weighted by atomic mass is 32.2. The van der Waals surface area contributed by atoms with Crippen molar-refractivity contribution < 1.29 is 9.90 Å². The van der Waals surface area contributed by atoms with Gasteiger partial charge in [0.15, 0.2) is 0 Å². The molecule has 19 heavy (non-hydrogen) atoms. The summed E-state index contributed by atoms with van der Waals surface area (Å²) in [6, 6.07) is 8.42. The summed E-state index contributed by atoms with van der Waals surface area (Å²) in [5.41, 5.74) is 0.777. The molecule has 0 radical (unpaired) electrons. The molecule has 1 saturated heterocycles. The van der Waals surface area contributed by atoms with Crippen molar-refractivity contribution in [2.75, 3.05) is 18.8 Å². The highest BCUT2D eigenvalue weighted by Gasteiger charge is 2.43. The van der Waals surface area contributed by atoms with Crippen LogP contribution in [0.25, 0.3) is 0 Å². The molecule has 0 saturated carbocycles. The van der Waals surface area contributed by atoms with Crippen LogP contribution in [0, 0.1) is 5.41 Å². The Bertz CT molecular complexity index is 483. The van der Waals surface area contributed by atoms with Crippen molar-refractivity contribution in [3.8, 4) is 0 Å². The van der Waals surface area contributed by atoms with E-state index in [9.17, 15) is 9.90 Å². The molecule has 3 rings (SSSR count). The molecule has 0 bridgehead atoms. The van der Waals surface area contributed by atoms with Gasteiger partial charge in [0.2, 0.25) is 0 Å². The molecule has 2 aliphatic rings. The van der Waals surface area contributed by atoms with Crippen molar-refractivity contribution in [3.63, 3.8) is 0 Å². The number of piperidine rings is 1. The summed E-state index contributed by atoms with van der Waals surface area (Å²) in [6.45, 7) is 1.57. The predicted octanol–water partition coefficient (Wildman–Crippen LogP) is 2.72. The molecule has 2 N–H and O–H groups in total. The topological polar surface area (TPSA) is 49.3 Å². The maximum atomic E-state index is 11.7. The number of hydrogen-bond acceptors (Lipinski definition) is 3. The first-order chi connectivity index (χ1) is 9.21. The highest BCUT2D eigenvalue weighted by Crippen LogP contribution is 2.46. The Balaban J connectivity index is 1.82. The van der Waals surface area contributed by atoms with E-state index in [-0.39, 0.29) is 0 Å². The second-order valence-corrected chi connectivity index (χ2v) is 6.68. The minimum atomic E-state index is -0.630. The SMILES string of the molecule is O=C(O)C1(CC2CSc3ccccc32)CCCNC1. The number of carboxylic acids is 1. The minimum absolute atomic E-state index is 0.386. The van der Waals surface area contributed by atoms with Gasteiger partial charge in [-0.3, -0.25) is 4.79 Å². The van der Waals surface area contributed by atoms with E-state index in [0.29, 0.717) is 12.5 Å². The van der Waals surface area contributed by atoms with E-state index >= 15 is 0 Å². The van der Waals surface area contributed by atoms with Gasteiger partial charge in [-0.25, -0.2) is 0 Å². The first-order valence-corrected chi connectivity index (χ1v) is 7.86. The zero-order chi connectivity index (χ0) is 13.3. The number of carboxylic acid groups (broad SMARTS) is 1. The number of thioether (sulfide) groups is 1. The molecule has 0 amide bonds. The lowest BCUT2D eigenvalue weighted by Gasteiger charge is -2.35. The molecular weight excluding hydrogens is 258 g/mol. The summed E-state index contributed by atoms with van der Waals surface area (Å²) in [4.78, 5) is 13.1. The lowest BCUT2D eigenvalue weighted by molar-refractivity contribution is -0.150. The van der Waals surface area contributed by atoms with Crippen LogP contribution in [-0.2, 0) is 4.79 Å². The zero-order valence-corrected chi connectivity index (χ0v) is 11.7. The minimum Gasteiger partial charge on any atom is -0.481 e. The monoisotopic (exact) mass is 277 g/mol. The summed E-state index contributed by atoms with van der Waals surface area (Å²) in [5, 5.41) is 12.9. The second-order valence-electron chi connectivity index (χ2n) is 5.62. The van der Waals surface area contributed by atoms with Crippen LogP contribution in [0.4, 0.5) is 0 Å². The third-order valence-corrected chi connectivity index (χ3v) is 5.61. The van der Waals surface area contributed by atoms with Gasteiger partial charge in [0, 0.05) is 17.2 Å². The summed E-state index contributed by atoms with van der Waals surface area (Å²) in [6.07, 6.45) is 2.53. The van der Waals surface area contributed by atoms with Crippen molar-refractivity contribution in [1.29, 1.82) is 0 Å². The molecule has 4 heteroatoms. The fourth-order valence-electron chi connectivity index (χ4n) is 3.28. The molecule has 0 aliphatic carbocycles. The number of aliphatic carboxylic acids is 1. The van der Waals surface area contributed by atoms with E-state index in [1.165, 1.54) is 10.5 Å². The number of fused-ring (bicyclic) bond motifs is 1. The average Bonchev–Trinajstić information content (AvgIpc) is 2.83. The van der Waals surface area contributed by atoms with E-state index in [1.807, 2.05) is 11.8 Å². The van der Waals surface area contributed by atoms with Gasteiger partial charge in [0.05, 0.1) is 5.41 Å². The fourth-order valence-corrected chi connectivity index (χ4v) is 4.54. The zero-order valence-electron chi connectivity index (χ0n) is 10.9. The first kappa shape index (κ1) is 13.0. The van der Waals surface area contributed by atoms with Gasteiger partial charge >= 0.3 is 5.97 Å². The Kier molecular flexibility index (Phi) is 3.54. The standard InChI is InChI=1S/C15H19NO2S/c17-14(18)15(6-3-7-16-10-15)8-11-9-19-13-5-2-1-4-12(11)13/h1-2,4-5,11,16H,3,6-10H2,(H,17,18). The maximum Gasteiger partial charge on any atom is 0.310 e. The third kappa shape index (κ3) is 2.39. The first-order valence-electron chi connectivity index (χ1n) is 6.87. The van der Waals surface area contributed by atoms with Gasteiger partial charge in [-0.15, -0.1) is 11.8 Å². The molecule has 2 unspecified atom stereocenters. The maximum absolute atomic E-state index is 11.7. The summed E-state index contributed by atoms with van der Waals surface area (Å²) >= 11 is 1.86. The Hall–Kier alpha value is -1.00. The molecule has 1 fully saturated rings. The number of nitrogens with one attached hydrogen (secondary N) is 1. The number of rotatable bonds is 3. The summed E-state index contributed by atoms with van der Waals surface area (Å²) in [7, 11) is 0. The van der Waals surface area contributed by atoms with E-state index in [4.69, 9.17) is 0 Å². The lowest BCUT2D eigenvalue weighted by atomic mass is 9.73. The van der Waals surface area contributed by atoms with Crippen LogP contribution in [0.1, 0.15) is 30.7 Å². The predicted molar refractivity (Wildman–Crippen MR) is 76.7 cm³/mol. The van der Waals surface area contributed by atoms with Crippen LogP contribution in [0.2, 0.25) is 0 Å². The lowest BCUT2D eigenvalue weighted by Crippen LogP contribution is -2.46. The van der Waals surface area contributed by atoms with Gasteiger partial charge < -0.3 is 10.4 Å². The Morgan fingerprint density at radius 2 is 2.32 bits per heavy atom. The second kappa shape index (κ2) is 5.17. The molecule has 1 aromatic carbocycles. The molecule has 102 valence electrons. The molecule has 2 heterocycles. The van der Waals surface area contributed by atoms with Gasteiger partial charge in [-0.2, -0.15) is 0 Å². The third-order valence-electron chi connectivity index (χ3n) is 4.36. The van der Waals surface area contributed by atoms with Gasteiger partial charge in [0.25, 0.3) is 0 Å². The van der Waals surface area contributed by atoms with Crippen LogP contribution in [-0.4, -0.2) is 29.9 Å². The Morgan fingerprint density at radius 1 is 1.47 bits per heavy atom. The molecule has 2 atom stereocenters. The quantitative estimate of drug-likeness (QED) is 0.892. The van der Waals surface area contributed by atoms with Crippen molar-refractivity contribution in [1.82, 2.24) is 5.32 Å². The largest absolute Gasteiger partial charge is 0.481 e. The van der Waals surface area contributed by atoms with E-state index in [1.54, 1.807) is 0 Å². The van der Waals surface area contributed by atoms with Gasteiger partial charge in [0.1, 0.15) is 0 Å². The van der Waals surface area contributed by atoms with Crippen molar-refractivity contribution >= 4 is 17.7 Å². The van der Waals surface area contributed by atoms with Crippen LogP contribution in [0.15, 0.2) is 29.2 Å². The number of carbonyl (C=O) groups is 1. The Labute approximate surface area is 117 Å². The van der Waals surface area contributed by atoms with Crippen molar-refractivity contribution in [2.24, 2.45) is 5.41 Å². The van der Waals surface area contributed by atoms with Gasteiger partial charge in [-0.1, -0.05) is 18.2 Å². The van der Waals surface area contributed by atoms with Crippen LogP contribution in [0.3, 0.4) is 0 Å². The van der Waals surface area contributed by atoms with Crippen molar-refractivity contribution in [2.45, 2.75) is 30.1 Å². The number of hydrogen-bond donors (Lipinski definition) is 2. The molecule has 0 aromatic heterocycles. The molecule has 1 aromatic rings. The van der Waals surface area contributed by atoms with E-state index in [2.05, 4.69) is 29.6 Å². The normalized spacial score (nSPS) is 30.0. The van der Waals surface area contributed by atoms with Crippen LogP contribution in [0.5, 0.6) is 0 Å².